The van der Waals surface area contributed by atoms with Gasteiger partial charge in [-0.25, -0.2) is 4.39 Å². The number of nitrogens with two attached hydrogens (primary N) is 1. The van der Waals surface area contributed by atoms with E-state index in [0.717, 1.165) is 0 Å². The second kappa shape index (κ2) is 5.14. The number of benzene rings is 1. The first kappa shape index (κ1) is 12.5. The van der Waals surface area contributed by atoms with Crippen LogP contribution in [0.1, 0.15) is 24.1 Å². The van der Waals surface area contributed by atoms with Gasteiger partial charge in [-0.05, 0) is 43.7 Å². The van der Waals surface area contributed by atoms with Crippen molar-refractivity contribution in [1.82, 2.24) is 4.98 Å². The topological polar surface area (TPSA) is 48.1 Å². The second-order valence-corrected chi connectivity index (χ2v) is 4.22. The number of aromatic nitrogens is 1. The fourth-order valence-corrected chi connectivity index (χ4v) is 1.65. The lowest BCUT2D eigenvalue weighted by atomic mass is 10.1. The van der Waals surface area contributed by atoms with E-state index in [1.165, 1.54) is 6.07 Å². The Morgan fingerprint density at radius 2 is 2.17 bits per heavy atom. The first-order valence-corrected chi connectivity index (χ1v) is 5.71. The molecule has 1 unspecified atom stereocenters. The zero-order valence-electron chi connectivity index (χ0n) is 10.4. The number of rotatable bonds is 3. The van der Waals surface area contributed by atoms with E-state index in [2.05, 4.69) is 4.98 Å². The second-order valence-electron chi connectivity index (χ2n) is 4.22. The molecule has 3 nitrogen and oxygen atoms in total. The molecule has 1 heterocycles. The quantitative estimate of drug-likeness (QED) is 0.903. The van der Waals surface area contributed by atoms with E-state index in [1.54, 1.807) is 44.4 Å². The Kier molecular flexibility index (Phi) is 3.58. The van der Waals surface area contributed by atoms with E-state index in [4.69, 9.17) is 10.5 Å². The molecule has 0 aliphatic heterocycles. The van der Waals surface area contributed by atoms with Crippen molar-refractivity contribution in [1.29, 1.82) is 0 Å². The van der Waals surface area contributed by atoms with E-state index in [9.17, 15) is 4.39 Å². The molecule has 94 valence electrons. The third-order valence-electron chi connectivity index (χ3n) is 2.64. The van der Waals surface area contributed by atoms with Crippen LogP contribution in [-0.4, -0.2) is 4.98 Å². The van der Waals surface area contributed by atoms with Crippen molar-refractivity contribution in [3.05, 3.63) is 53.6 Å². The zero-order valence-corrected chi connectivity index (χ0v) is 10.4. The number of nitrogens with zero attached hydrogens (tertiary/aromatic N) is 1. The molecule has 2 N–H and O–H groups in total. The molecule has 2 aromatic rings. The Balaban J connectivity index is 2.40. The predicted molar refractivity (Wildman–Crippen MR) is 68.1 cm³/mol. The Labute approximate surface area is 105 Å². The highest BCUT2D eigenvalue weighted by atomic mass is 19.1. The fraction of sp³-hybridized carbons (Fsp3) is 0.214. The van der Waals surface area contributed by atoms with Gasteiger partial charge in [-0.1, -0.05) is 0 Å². The molecule has 0 aliphatic carbocycles. The lowest BCUT2D eigenvalue weighted by molar-refractivity contribution is 0.466. The van der Waals surface area contributed by atoms with Gasteiger partial charge in [-0.15, -0.1) is 0 Å². The molecule has 0 saturated heterocycles. The van der Waals surface area contributed by atoms with Crippen LogP contribution in [0.4, 0.5) is 4.39 Å². The van der Waals surface area contributed by atoms with Crippen molar-refractivity contribution in [2.24, 2.45) is 5.73 Å². The Bertz CT molecular complexity index is 541. The minimum atomic E-state index is -0.299. The summed E-state index contributed by atoms with van der Waals surface area (Å²) in [5, 5.41) is 0. The number of hydrogen-bond acceptors (Lipinski definition) is 3. The molecular weight excluding hydrogens is 231 g/mol. The highest BCUT2D eigenvalue weighted by Crippen LogP contribution is 2.30. The molecule has 0 amide bonds. The Morgan fingerprint density at radius 3 is 2.78 bits per heavy atom. The highest BCUT2D eigenvalue weighted by Gasteiger charge is 2.12. The molecular formula is C14H15FN2O. The standard InChI is InChI=1S/C14H15FN2O/c1-9-6-14(12(10(2)16)7-13(9)15)18-11-4-3-5-17-8-11/h3-8,10H,16H2,1-2H3. The largest absolute Gasteiger partial charge is 0.455 e. The van der Waals surface area contributed by atoms with Gasteiger partial charge >= 0.3 is 0 Å². The van der Waals surface area contributed by atoms with Gasteiger partial charge in [-0.3, -0.25) is 4.98 Å². The summed E-state index contributed by atoms with van der Waals surface area (Å²) in [4.78, 5) is 3.97. The van der Waals surface area contributed by atoms with E-state index in [-0.39, 0.29) is 11.9 Å². The lowest BCUT2D eigenvalue weighted by Crippen LogP contribution is -2.08. The number of ether oxygens (including phenoxy) is 1. The average molecular weight is 246 g/mol. The summed E-state index contributed by atoms with van der Waals surface area (Å²) in [6.45, 7) is 3.48. The molecule has 0 bridgehead atoms. The summed E-state index contributed by atoms with van der Waals surface area (Å²) in [5.74, 6) is 0.892. The van der Waals surface area contributed by atoms with Crippen LogP contribution in [0.2, 0.25) is 0 Å². The summed E-state index contributed by atoms with van der Waals surface area (Å²) >= 11 is 0. The SMILES string of the molecule is Cc1cc(Oc2cccnc2)c(C(C)N)cc1F. The van der Waals surface area contributed by atoms with Crippen LogP contribution in [0, 0.1) is 12.7 Å². The van der Waals surface area contributed by atoms with E-state index >= 15 is 0 Å². The molecule has 0 aliphatic rings. The monoisotopic (exact) mass is 246 g/mol. The molecule has 18 heavy (non-hydrogen) atoms. The minimum Gasteiger partial charge on any atom is -0.455 e. The Morgan fingerprint density at radius 1 is 1.39 bits per heavy atom. The van der Waals surface area contributed by atoms with Gasteiger partial charge in [0.05, 0.1) is 6.20 Å². The van der Waals surface area contributed by atoms with Crippen molar-refractivity contribution < 1.29 is 9.13 Å². The maximum atomic E-state index is 13.5. The highest BCUT2D eigenvalue weighted by molar-refractivity contribution is 5.42. The minimum absolute atomic E-state index is 0.277. The molecule has 0 fully saturated rings. The molecule has 1 aromatic carbocycles. The van der Waals surface area contributed by atoms with Crippen LogP contribution in [0.15, 0.2) is 36.7 Å². The number of halogens is 1. The molecule has 0 radical (unpaired) electrons. The maximum Gasteiger partial charge on any atom is 0.145 e. The number of hydrogen-bond donors (Lipinski definition) is 1. The van der Waals surface area contributed by atoms with Gasteiger partial charge in [0.2, 0.25) is 0 Å². The van der Waals surface area contributed by atoms with Crippen LogP contribution in [0.25, 0.3) is 0 Å². The van der Waals surface area contributed by atoms with Crippen LogP contribution in [-0.2, 0) is 0 Å². The van der Waals surface area contributed by atoms with Gasteiger partial charge in [0.1, 0.15) is 17.3 Å². The zero-order chi connectivity index (χ0) is 13.1. The first-order chi connectivity index (χ1) is 8.58. The van der Waals surface area contributed by atoms with Crippen LogP contribution in [0.3, 0.4) is 0 Å². The van der Waals surface area contributed by atoms with Gasteiger partial charge in [0.15, 0.2) is 0 Å². The average Bonchev–Trinajstić information content (AvgIpc) is 2.34. The molecule has 0 spiro atoms. The molecule has 1 aromatic heterocycles. The summed E-state index contributed by atoms with van der Waals surface area (Å²) in [5.41, 5.74) is 6.99. The van der Waals surface area contributed by atoms with Crippen LogP contribution in [0.5, 0.6) is 11.5 Å². The number of pyridine rings is 1. The number of aryl methyl sites for hydroxylation is 1. The Hall–Kier alpha value is -1.94. The molecule has 1 atom stereocenters. The molecule has 4 heteroatoms. The van der Waals surface area contributed by atoms with Gasteiger partial charge in [0.25, 0.3) is 0 Å². The fourth-order valence-electron chi connectivity index (χ4n) is 1.65. The van der Waals surface area contributed by atoms with Crippen LogP contribution >= 0.6 is 0 Å². The van der Waals surface area contributed by atoms with Crippen molar-refractivity contribution in [3.63, 3.8) is 0 Å². The van der Waals surface area contributed by atoms with E-state index in [0.29, 0.717) is 22.6 Å². The lowest BCUT2D eigenvalue weighted by Gasteiger charge is -2.15. The van der Waals surface area contributed by atoms with Gasteiger partial charge < -0.3 is 10.5 Å². The third-order valence-corrected chi connectivity index (χ3v) is 2.64. The van der Waals surface area contributed by atoms with Gasteiger partial charge in [0, 0.05) is 17.8 Å². The molecule has 0 saturated carbocycles. The maximum absolute atomic E-state index is 13.5. The summed E-state index contributed by atoms with van der Waals surface area (Å²) in [7, 11) is 0. The van der Waals surface area contributed by atoms with Crippen molar-refractivity contribution >= 4 is 0 Å². The summed E-state index contributed by atoms with van der Waals surface area (Å²) < 4.78 is 19.2. The van der Waals surface area contributed by atoms with Crippen molar-refractivity contribution in [2.45, 2.75) is 19.9 Å². The first-order valence-electron chi connectivity index (χ1n) is 5.71. The summed E-state index contributed by atoms with van der Waals surface area (Å²) in [6.07, 6.45) is 3.26. The van der Waals surface area contributed by atoms with Crippen LogP contribution < -0.4 is 10.5 Å². The van der Waals surface area contributed by atoms with E-state index in [1.807, 2.05) is 0 Å². The van der Waals surface area contributed by atoms with Gasteiger partial charge in [-0.2, -0.15) is 0 Å². The van der Waals surface area contributed by atoms with Crippen molar-refractivity contribution in [3.8, 4) is 11.5 Å². The molecule has 2 rings (SSSR count). The third kappa shape index (κ3) is 2.65. The predicted octanol–water partition coefficient (Wildman–Crippen LogP) is 3.34. The smallest absolute Gasteiger partial charge is 0.145 e. The normalized spacial score (nSPS) is 12.2. The van der Waals surface area contributed by atoms with Crippen molar-refractivity contribution in [2.75, 3.05) is 0 Å². The summed E-state index contributed by atoms with van der Waals surface area (Å²) in [6, 6.07) is 6.34. The van der Waals surface area contributed by atoms with E-state index < -0.39 is 0 Å².